The van der Waals surface area contributed by atoms with Crippen LogP contribution in [0.25, 0.3) is 0 Å². The number of hydrogen-bond donors (Lipinski definition) is 0. The van der Waals surface area contributed by atoms with E-state index >= 15 is 0 Å². The van der Waals surface area contributed by atoms with Crippen molar-refractivity contribution in [1.29, 1.82) is 5.26 Å². The molecule has 0 radical (unpaired) electrons. The highest BCUT2D eigenvalue weighted by atomic mass is 16.2. The predicted octanol–water partition coefficient (Wildman–Crippen LogP) is 2.61. The number of hydrogen-bond acceptors (Lipinski definition) is 4. The highest BCUT2D eigenvalue weighted by molar-refractivity contribution is 5.96. The standard InChI is InChI=1S/C19H20N4O/c1-15-13-17(7-8-21-15)22-9-4-10-23(12-11-22)19(24)18-6-3-2-5-16(18)14-20/h2-3,5-8,13H,4,9-12H2,1H3. The summed E-state index contributed by atoms with van der Waals surface area (Å²) in [5.41, 5.74) is 3.07. The van der Waals surface area contributed by atoms with Gasteiger partial charge < -0.3 is 9.80 Å². The van der Waals surface area contributed by atoms with E-state index in [9.17, 15) is 10.1 Å². The summed E-state index contributed by atoms with van der Waals surface area (Å²) in [6.07, 6.45) is 2.73. The SMILES string of the molecule is Cc1cc(N2CCCN(C(=O)c3ccccc3C#N)CC2)ccn1. The number of pyridine rings is 1. The number of rotatable bonds is 2. The van der Waals surface area contributed by atoms with Gasteiger partial charge in [0.2, 0.25) is 0 Å². The number of nitrogens with zero attached hydrogens (tertiary/aromatic N) is 4. The Kier molecular flexibility index (Phi) is 4.76. The molecule has 0 N–H and O–H groups in total. The van der Waals surface area contributed by atoms with Gasteiger partial charge in [0.1, 0.15) is 0 Å². The zero-order valence-electron chi connectivity index (χ0n) is 13.8. The summed E-state index contributed by atoms with van der Waals surface area (Å²) in [5, 5.41) is 9.20. The van der Waals surface area contributed by atoms with Crippen LogP contribution in [0.2, 0.25) is 0 Å². The van der Waals surface area contributed by atoms with E-state index in [4.69, 9.17) is 0 Å². The van der Waals surface area contributed by atoms with Crippen LogP contribution in [0.5, 0.6) is 0 Å². The minimum atomic E-state index is -0.0556. The van der Waals surface area contributed by atoms with Crippen LogP contribution < -0.4 is 4.90 Å². The second-order valence-electron chi connectivity index (χ2n) is 5.95. The first kappa shape index (κ1) is 16.0. The molecule has 24 heavy (non-hydrogen) atoms. The Hall–Kier alpha value is -2.87. The fourth-order valence-electron chi connectivity index (χ4n) is 3.04. The average molecular weight is 320 g/mol. The van der Waals surface area contributed by atoms with Crippen LogP contribution in [0.4, 0.5) is 5.69 Å². The van der Waals surface area contributed by atoms with Crippen molar-refractivity contribution < 1.29 is 4.79 Å². The number of benzene rings is 1. The predicted molar refractivity (Wildman–Crippen MR) is 92.9 cm³/mol. The van der Waals surface area contributed by atoms with Crippen LogP contribution >= 0.6 is 0 Å². The van der Waals surface area contributed by atoms with Crippen molar-refractivity contribution in [1.82, 2.24) is 9.88 Å². The summed E-state index contributed by atoms with van der Waals surface area (Å²) in [6.45, 7) is 5.03. The van der Waals surface area contributed by atoms with Gasteiger partial charge in [0.25, 0.3) is 5.91 Å². The van der Waals surface area contributed by atoms with E-state index in [1.165, 1.54) is 0 Å². The van der Waals surface area contributed by atoms with Crippen molar-refractivity contribution in [3.63, 3.8) is 0 Å². The average Bonchev–Trinajstić information content (AvgIpc) is 2.87. The van der Waals surface area contributed by atoms with Crippen molar-refractivity contribution in [3.8, 4) is 6.07 Å². The van der Waals surface area contributed by atoms with Crippen LogP contribution in [0, 0.1) is 18.3 Å². The molecule has 0 aliphatic carbocycles. The van der Waals surface area contributed by atoms with E-state index in [2.05, 4.69) is 22.0 Å². The normalized spacial score (nSPS) is 14.8. The molecular formula is C19H20N4O. The number of carbonyl (C=O) groups excluding carboxylic acids is 1. The summed E-state index contributed by atoms with van der Waals surface area (Å²) in [4.78, 5) is 21.2. The number of anilines is 1. The van der Waals surface area contributed by atoms with Crippen molar-refractivity contribution in [2.75, 3.05) is 31.1 Å². The molecular weight excluding hydrogens is 300 g/mol. The van der Waals surface area contributed by atoms with Gasteiger partial charge in [-0.3, -0.25) is 9.78 Å². The molecule has 0 atom stereocenters. The molecule has 1 aromatic carbocycles. The van der Waals surface area contributed by atoms with E-state index < -0.39 is 0 Å². The molecule has 5 heteroatoms. The molecule has 1 aliphatic heterocycles. The van der Waals surface area contributed by atoms with Crippen LogP contribution in [0.15, 0.2) is 42.6 Å². The topological polar surface area (TPSA) is 60.2 Å². The van der Waals surface area contributed by atoms with Crippen LogP contribution in [-0.4, -0.2) is 42.0 Å². The third-order valence-corrected chi connectivity index (χ3v) is 4.31. The third-order valence-electron chi connectivity index (χ3n) is 4.31. The lowest BCUT2D eigenvalue weighted by Gasteiger charge is -2.24. The van der Waals surface area contributed by atoms with Crippen molar-refractivity contribution in [2.45, 2.75) is 13.3 Å². The van der Waals surface area contributed by atoms with Crippen LogP contribution in [0.3, 0.4) is 0 Å². The molecule has 1 saturated heterocycles. The molecule has 5 nitrogen and oxygen atoms in total. The van der Waals surface area contributed by atoms with Gasteiger partial charge in [0, 0.05) is 43.8 Å². The second kappa shape index (κ2) is 7.14. The zero-order chi connectivity index (χ0) is 16.9. The van der Waals surface area contributed by atoms with Crippen molar-refractivity contribution >= 4 is 11.6 Å². The van der Waals surface area contributed by atoms with Crippen molar-refractivity contribution in [2.24, 2.45) is 0 Å². The summed E-state index contributed by atoms with van der Waals surface area (Å²) >= 11 is 0. The molecule has 1 amide bonds. The number of carbonyl (C=O) groups is 1. The molecule has 1 aliphatic rings. The Bertz CT molecular complexity index is 781. The fraction of sp³-hybridized carbons (Fsp3) is 0.316. The molecule has 122 valence electrons. The molecule has 2 heterocycles. The molecule has 0 spiro atoms. The van der Waals surface area contributed by atoms with Crippen LogP contribution in [0.1, 0.15) is 28.0 Å². The molecule has 0 saturated carbocycles. The molecule has 3 rings (SSSR count). The third kappa shape index (κ3) is 3.38. The largest absolute Gasteiger partial charge is 0.370 e. The molecule has 1 fully saturated rings. The van der Waals surface area contributed by atoms with E-state index in [0.29, 0.717) is 24.2 Å². The summed E-state index contributed by atoms with van der Waals surface area (Å²) in [7, 11) is 0. The van der Waals surface area contributed by atoms with Gasteiger partial charge in [-0.1, -0.05) is 12.1 Å². The van der Waals surface area contributed by atoms with Gasteiger partial charge in [-0.15, -0.1) is 0 Å². The van der Waals surface area contributed by atoms with E-state index in [1.54, 1.807) is 24.3 Å². The maximum Gasteiger partial charge on any atom is 0.255 e. The first-order valence-corrected chi connectivity index (χ1v) is 8.15. The monoisotopic (exact) mass is 320 g/mol. The molecule has 2 aromatic rings. The lowest BCUT2D eigenvalue weighted by molar-refractivity contribution is 0.0766. The minimum absolute atomic E-state index is 0.0556. The quantitative estimate of drug-likeness (QED) is 0.853. The maximum absolute atomic E-state index is 12.8. The first-order chi connectivity index (χ1) is 11.7. The number of aryl methyl sites for hydroxylation is 1. The maximum atomic E-state index is 12.8. The lowest BCUT2D eigenvalue weighted by Crippen LogP contribution is -2.35. The molecule has 0 unspecified atom stereocenters. The summed E-state index contributed by atoms with van der Waals surface area (Å²) in [5.74, 6) is -0.0556. The van der Waals surface area contributed by atoms with Crippen molar-refractivity contribution in [3.05, 3.63) is 59.4 Å². The van der Waals surface area contributed by atoms with Gasteiger partial charge in [-0.25, -0.2) is 0 Å². The van der Waals surface area contributed by atoms with E-state index in [0.717, 1.165) is 30.9 Å². The van der Waals surface area contributed by atoms with Gasteiger partial charge in [0.05, 0.1) is 17.2 Å². The van der Waals surface area contributed by atoms with E-state index in [1.807, 2.05) is 24.1 Å². The van der Waals surface area contributed by atoms with Gasteiger partial charge in [-0.2, -0.15) is 5.26 Å². The lowest BCUT2D eigenvalue weighted by atomic mass is 10.1. The van der Waals surface area contributed by atoms with Gasteiger partial charge in [-0.05, 0) is 37.6 Å². The Morgan fingerprint density at radius 2 is 2.00 bits per heavy atom. The van der Waals surface area contributed by atoms with Crippen LogP contribution in [-0.2, 0) is 0 Å². The molecule has 1 aromatic heterocycles. The Morgan fingerprint density at radius 1 is 1.17 bits per heavy atom. The van der Waals surface area contributed by atoms with Gasteiger partial charge in [0.15, 0.2) is 0 Å². The number of nitriles is 1. The smallest absolute Gasteiger partial charge is 0.255 e. The summed E-state index contributed by atoms with van der Waals surface area (Å²) in [6, 6.07) is 13.2. The Morgan fingerprint density at radius 3 is 2.79 bits per heavy atom. The highest BCUT2D eigenvalue weighted by Gasteiger charge is 2.22. The second-order valence-corrected chi connectivity index (χ2v) is 5.95. The molecule has 0 bridgehead atoms. The summed E-state index contributed by atoms with van der Waals surface area (Å²) < 4.78 is 0. The fourth-order valence-corrected chi connectivity index (χ4v) is 3.04. The first-order valence-electron chi connectivity index (χ1n) is 8.15. The number of amides is 1. The Labute approximate surface area is 142 Å². The Balaban J connectivity index is 1.74. The zero-order valence-corrected chi connectivity index (χ0v) is 13.8. The number of aromatic nitrogens is 1. The highest BCUT2D eigenvalue weighted by Crippen LogP contribution is 2.18. The van der Waals surface area contributed by atoms with Gasteiger partial charge >= 0.3 is 0 Å². The van der Waals surface area contributed by atoms with E-state index in [-0.39, 0.29) is 5.91 Å². The minimum Gasteiger partial charge on any atom is -0.370 e.